The van der Waals surface area contributed by atoms with E-state index in [2.05, 4.69) is 21.8 Å². The van der Waals surface area contributed by atoms with Gasteiger partial charge >= 0.3 is 0 Å². The largest absolute Gasteiger partial charge is 0.380 e. The third-order valence-corrected chi connectivity index (χ3v) is 4.19. The Hall–Kier alpha value is -2.89. The molecule has 6 heteroatoms. The molecule has 0 saturated carbocycles. The Bertz CT molecular complexity index is 722. The summed E-state index contributed by atoms with van der Waals surface area (Å²) in [6, 6.07) is 10.0. The molecule has 1 aromatic carbocycles. The molecule has 1 aromatic heterocycles. The zero-order valence-corrected chi connectivity index (χ0v) is 14.0. The topological polar surface area (TPSA) is 48.5 Å². The van der Waals surface area contributed by atoms with Crippen molar-refractivity contribution in [2.75, 3.05) is 42.9 Å². The molecule has 1 fully saturated rings. The van der Waals surface area contributed by atoms with Gasteiger partial charge in [-0.25, -0.2) is 9.37 Å². The second-order valence-corrected chi connectivity index (χ2v) is 5.86. The van der Waals surface area contributed by atoms with Gasteiger partial charge in [0.15, 0.2) is 0 Å². The Morgan fingerprint density at radius 3 is 2.48 bits per heavy atom. The zero-order valence-electron chi connectivity index (χ0n) is 14.0. The van der Waals surface area contributed by atoms with Crippen LogP contribution in [0.15, 0.2) is 55.3 Å². The van der Waals surface area contributed by atoms with Crippen LogP contribution in [0.25, 0.3) is 0 Å². The summed E-state index contributed by atoms with van der Waals surface area (Å²) in [5, 5.41) is 3.13. The maximum absolute atomic E-state index is 13.0. The molecule has 3 rings (SSSR count). The summed E-state index contributed by atoms with van der Waals surface area (Å²) in [4.78, 5) is 20.8. The Kier molecular flexibility index (Phi) is 5.28. The number of piperazine rings is 1. The molecule has 1 aliphatic rings. The maximum atomic E-state index is 13.0. The second-order valence-electron chi connectivity index (χ2n) is 5.86. The lowest BCUT2D eigenvalue weighted by Crippen LogP contribution is -2.49. The molecule has 2 aromatic rings. The minimum atomic E-state index is -0.241. The number of halogens is 1. The lowest BCUT2D eigenvalue weighted by atomic mass is 10.2. The van der Waals surface area contributed by atoms with Gasteiger partial charge in [0, 0.05) is 38.4 Å². The summed E-state index contributed by atoms with van der Waals surface area (Å²) < 4.78 is 13.0. The first-order valence-corrected chi connectivity index (χ1v) is 8.28. The Morgan fingerprint density at radius 2 is 1.88 bits per heavy atom. The lowest BCUT2D eigenvalue weighted by Gasteiger charge is -2.36. The molecule has 0 aliphatic carbocycles. The highest BCUT2D eigenvalue weighted by atomic mass is 19.1. The van der Waals surface area contributed by atoms with E-state index in [4.69, 9.17) is 0 Å². The van der Waals surface area contributed by atoms with Gasteiger partial charge in [-0.1, -0.05) is 6.08 Å². The summed E-state index contributed by atoms with van der Waals surface area (Å²) in [5.41, 5.74) is 2.28. The van der Waals surface area contributed by atoms with Crippen LogP contribution >= 0.6 is 0 Å². The summed E-state index contributed by atoms with van der Waals surface area (Å²) in [7, 11) is 0. The zero-order chi connectivity index (χ0) is 17.6. The average Bonchev–Trinajstić information content (AvgIpc) is 2.67. The van der Waals surface area contributed by atoms with Gasteiger partial charge in [0.25, 0.3) is 5.91 Å². The smallest absolute Gasteiger partial charge is 0.272 e. The standard InChI is InChI=1S/C19H21FN4O/c1-2-9-21-16-5-8-18(22-14-16)19(25)24-12-10-23(11-13-24)17-6-3-15(20)4-7-17/h2-8,14,21H,1,9-13H2. The fraction of sp³-hybridized carbons (Fsp3) is 0.263. The highest BCUT2D eigenvalue weighted by Gasteiger charge is 2.23. The van der Waals surface area contributed by atoms with Gasteiger partial charge in [-0.15, -0.1) is 6.58 Å². The molecule has 2 heterocycles. The fourth-order valence-corrected chi connectivity index (χ4v) is 2.80. The van der Waals surface area contributed by atoms with Crippen LogP contribution in [0.5, 0.6) is 0 Å². The SMILES string of the molecule is C=CCNc1ccc(C(=O)N2CCN(c3ccc(F)cc3)CC2)nc1. The third-order valence-electron chi connectivity index (χ3n) is 4.19. The van der Waals surface area contributed by atoms with Gasteiger partial charge in [0.05, 0.1) is 11.9 Å². The van der Waals surface area contributed by atoms with Gasteiger partial charge in [0.2, 0.25) is 0 Å². The monoisotopic (exact) mass is 340 g/mol. The molecule has 5 nitrogen and oxygen atoms in total. The maximum Gasteiger partial charge on any atom is 0.272 e. The molecule has 0 bridgehead atoms. The molecule has 1 aliphatic heterocycles. The quantitative estimate of drug-likeness (QED) is 0.851. The van der Waals surface area contributed by atoms with Crippen molar-refractivity contribution in [2.45, 2.75) is 0 Å². The molecule has 0 radical (unpaired) electrons. The minimum absolute atomic E-state index is 0.0611. The first kappa shape index (κ1) is 17.0. The van der Waals surface area contributed by atoms with E-state index in [1.165, 1.54) is 12.1 Å². The molecule has 130 valence electrons. The molecule has 0 atom stereocenters. The van der Waals surface area contributed by atoms with Gasteiger partial charge in [-0.2, -0.15) is 0 Å². The Balaban J connectivity index is 1.57. The molecule has 0 unspecified atom stereocenters. The van der Waals surface area contributed by atoms with Gasteiger partial charge in [0.1, 0.15) is 11.5 Å². The Labute approximate surface area is 146 Å². The van der Waals surface area contributed by atoms with Crippen LogP contribution in [0.3, 0.4) is 0 Å². The number of pyridine rings is 1. The number of aromatic nitrogens is 1. The number of rotatable bonds is 5. The van der Waals surface area contributed by atoms with Crippen molar-refractivity contribution in [3.8, 4) is 0 Å². The van der Waals surface area contributed by atoms with Crippen molar-refractivity contribution < 1.29 is 9.18 Å². The number of anilines is 2. The van der Waals surface area contributed by atoms with Crippen molar-refractivity contribution in [2.24, 2.45) is 0 Å². The van der Waals surface area contributed by atoms with Crippen LogP contribution in [-0.4, -0.2) is 48.5 Å². The van der Waals surface area contributed by atoms with E-state index in [0.717, 1.165) is 24.5 Å². The van der Waals surface area contributed by atoms with E-state index in [1.54, 1.807) is 35.4 Å². The van der Waals surface area contributed by atoms with Crippen LogP contribution in [-0.2, 0) is 0 Å². The van der Waals surface area contributed by atoms with Crippen LogP contribution in [0.2, 0.25) is 0 Å². The normalized spacial score (nSPS) is 14.3. The molecular formula is C19H21FN4O. The highest BCUT2D eigenvalue weighted by molar-refractivity contribution is 5.92. The van der Waals surface area contributed by atoms with E-state index >= 15 is 0 Å². The predicted molar refractivity (Wildman–Crippen MR) is 97.4 cm³/mol. The Morgan fingerprint density at radius 1 is 1.16 bits per heavy atom. The molecule has 1 amide bonds. The number of benzene rings is 1. The van der Waals surface area contributed by atoms with E-state index in [9.17, 15) is 9.18 Å². The number of carbonyl (C=O) groups excluding carboxylic acids is 1. The van der Waals surface area contributed by atoms with Gasteiger partial charge in [-0.05, 0) is 36.4 Å². The van der Waals surface area contributed by atoms with Crippen LogP contribution in [0, 0.1) is 5.82 Å². The fourth-order valence-electron chi connectivity index (χ4n) is 2.80. The van der Waals surface area contributed by atoms with Crippen molar-refractivity contribution in [1.29, 1.82) is 0 Å². The number of carbonyl (C=O) groups is 1. The van der Waals surface area contributed by atoms with Crippen molar-refractivity contribution >= 4 is 17.3 Å². The number of nitrogens with zero attached hydrogens (tertiary/aromatic N) is 3. The van der Waals surface area contributed by atoms with E-state index in [0.29, 0.717) is 25.3 Å². The van der Waals surface area contributed by atoms with Crippen molar-refractivity contribution in [1.82, 2.24) is 9.88 Å². The summed E-state index contributed by atoms with van der Waals surface area (Å²) in [5.74, 6) is -0.302. The second kappa shape index (κ2) is 7.79. The van der Waals surface area contributed by atoms with Gasteiger partial charge in [-0.3, -0.25) is 4.79 Å². The molecule has 0 spiro atoms. The molecule has 1 N–H and O–H groups in total. The first-order valence-electron chi connectivity index (χ1n) is 8.28. The molecule has 1 saturated heterocycles. The minimum Gasteiger partial charge on any atom is -0.380 e. The molecular weight excluding hydrogens is 319 g/mol. The van der Waals surface area contributed by atoms with Crippen molar-refractivity contribution in [3.05, 3.63) is 66.8 Å². The number of hydrogen-bond donors (Lipinski definition) is 1. The summed E-state index contributed by atoms with van der Waals surface area (Å²) in [6.45, 7) is 6.98. The summed E-state index contributed by atoms with van der Waals surface area (Å²) in [6.07, 6.45) is 3.42. The summed E-state index contributed by atoms with van der Waals surface area (Å²) >= 11 is 0. The van der Waals surface area contributed by atoms with E-state index in [-0.39, 0.29) is 11.7 Å². The number of hydrogen-bond acceptors (Lipinski definition) is 4. The third kappa shape index (κ3) is 4.15. The van der Waals surface area contributed by atoms with E-state index in [1.807, 2.05) is 6.07 Å². The predicted octanol–water partition coefficient (Wildman–Crippen LogP) is 2.78. The van der Waals surface area contributed by atoms with Crippen molar-refractivity contribution in [3.63, 3.8) is 0 Å². The van der Waals surface area contributed by atoms with Crippen LogP contribution in [0.4, 0.5) is 15.8 Å². The van der Waals surface area contributed by atoms with Gasteiger partial charge < -0.3 is 15.1 Å². The van der Waals surface area contributed by atoms with E-state index < -0.39 is 0 Å². The van der Waals surface area contributed by atoms with Crippen LogP contribution in [0.1, 0.15) is 10.5 Å². The lowest BCUT2D eigenvalue weighted by molar-refractivity contribution is 0.0741. The highest BCUT2D eigenvalue weighted by Crippen LogP contribution is 2.18. The average molecular weight is 340 g/mol. The number of nitrogens with one attached hydrogen (secondary N) is 1. The van der Waals surface area contributed by atoms with Crippen LogP contribution < -0.4 is 10.2 Å². The number of amides is 1. The first-order chi connectivity index (χ1) is 12.2. The molecule has 25 heavy (non-hydrogen) atoms.